The monoisotopic (exact) mass is 257 g/mol. The number of aromatic nitrogens is 1. The largest absolute Gasteiger partial charge is 0.352 e. The SMILES string of the molecule is CC(=O)NC1CCN(c2ncc(Cl)cc2F)C1. The van der Waals surface area contributed by atoms with E-state index >= 15 is 0 Å². The van der Waals surface area contributed by atoms with Gasteiger partial charge in [-0.05, 0) is 12.5 Å². The zero-order valence-electron chi connectivity index (χ0n) is 9.41. The predicted molar refractivity (Wildman–Crippen MR) is 63.6 cm³/mol. The van der Waals surface area contributed by atoms with Gasteiger partial charge in [-0.3, -0.25) is 4.79 Å². The third kappa shape index (κ3) is 2.85. The maximum absolute atomic E-state index is 13.6. The Morgan fingerprint density at radius 3 is 3.12 bits per heavy atom. The smallest absolute Gasteiger partial charge is 0.217 e. The highest BCUT2D eigenvalue weighted by atomic mass is 35.5. The Hall–Kier alpha value is -1.36. The van der Waals surface area contributed by atoms with Gasteiger partial charge in [0.1, 0.15) is 0 Å². The first-order valence-corrected chi connectivity index (χ1v) is 5.77. The Kier molecular flexibility index (Phi) is 3.47. The molecule has 1 unspecified atom stereocenters. The first kappa shape index (κ1) is 12.1. The highest BCUT2D eigenvalue weighted by molar-refractivity contribution is 6.30. The lowest BCUT2D eigenvalue weighted by Crippen LogP contribution is -2.35. The summed E-state index contributed by atoms with van der Waals surface area (Å²) in [5, 5.41) is 3.10. The zero-order valence-corrected chi connectivity index (χ0v) is 10.2. The van der Waals surface area contributed by atoms with Gasteiger partial charge in [0.15, 0.2) is 11.6 Å². The average Bonchev–Trinajstić information content (AvgIpc) is 2.65. The topological polar surface area (TPSA) is 45.2 Å². The fourth-order valence-electron chi connectivity index (χ4n) is 2.00. The first-order chi connectivity index (χ1) is 8.06. The summed E-state index contributed by atoms with van der Waals surface area (Å²) < 4.78 is 13.6. The second kappa shape index (κ2) is 4.87. The van der Waals surface area contributed by atoms with Crippen LogP contribution in [0.25, 0.3) is 0 Å². The van der Waals surface area contributed by atoms with E-state index in [0.29, 0.717) is 18.9 Å². The van der Waals surface area contributed by atoms with Crippen LogP contribution in [0.1, 0.15) is 13.3 Å². The van der Waals surface area contributed by atoms with Gasteiger partial charge >= 0.3 is 0 Å². The third-order valence-electron chi connectivity index (χ3n) is 2.68. The number of carbonyl (C=O) groups excluding carboxylic acids is 1. The second-order valence-electron chi connectivity index (χ2n) is 4.09. The quantitative estimate of drug-likeness (QED) is 0.875. The van der Waals surface area contributed by atoms with E-state index in [-0.39, 0.29) is 17.0 Å². The maximum Gasteiger partial charge on any atom is 0.217 e. The molecule has 1 aliphatic rings. The summed E-state index contributed by atoms with van der Waals surface area (Å²) in [5.74, 6) is -0.204. The van der Waals surface area contributed by atoms with E-state index in [0.717, 1.165) is 6.42 Å². The number of nitrogens with one attached hydrogen (secondary N) is 1. The number of pyridine rings is 1. The van der Waals surface area contributed by atoms with Gasteiger partial charge in [0.05, 0.1) is 5.02 Å². The summed E-state index contributed by atoms with van der Waals surface area (Å²) in [6, 6.07) is 1.31. The molecule has 4 nitrogen and oxygen atoms in total. The highest BCUT2D eigenvalue weighted by Gasteiger charge is 2.25. The number of hydrogen-bond acceptors (Lipinski definition) is 3. The minimum Gasteiger partial charge on any atom is -0.352 e. The van der Waals surface area contributed by atoms with Crippen molar-refractivity contribution in [2.45, 2.75) is 19.4 Å². The molecule has 92 valence electrons. The molecule has 1 atom stereocenters. The Bertz CT molecular complexity index is 441. The van der Waals surface area contributed by atoms with Gasteiger partial charge in [0.25, 0.3) is 0 Å². The normalized spacial score (nSPS) is 19.5. The fourth-order valence-corrected chi connectivity index (χ4v) is 2.14. The van der Waals surface area contributed by atoms with Crippen molar-refractivity contribution in [3.05, 3.63) is 23.1 Å². The maximum atomic E-state index is 13.6. The van der Waals surface area contributed by atoms with Crippen LogP contribution < -0.4 is 10.2 Å². The Morgan fingerprint density at radius 1 is 1.71 bits per heavy atom. The van der Waals surface area contributed by atoms with Crippen LogP contribution in [0.3, 0.4) is 0 Å². The molecule has 1 N–H and O–H groups in total. The molecule has 17 heavy (non-hydrogen) atoms. The summed E-state index contributed by atoms with van der Waals surface area (Å²) in [6.45, 7) is 2.73. The third-order valence-corrected chi connectivity index (χ3v) is 2.89. The molecule has 0 radical (unpaired) electrons. The molecular weight excluding hydrogens is 245 g/mol. The van der Waals surface area contributed by atoms with Gasteiger partial charge in [-0.25, -0.2) is 9.37 Å². The molecular formula is C11H13ClFN3O. The van der Waals surface area contributed by atoms with E-state index in [2.05, 4.69) is 10.3 Å². The van der Waals surface area contributed by atoms with E-state index in [1.807, 2.05) is 4.90 Å². The van der Waals surface area contributed by atoms with Gasteiger partial charge in [-0.1, -0.05) is 11.6 Å². The van der Waals surface area contributed by atoms with Crippen LogP contribution in [0.4, 0.5) is 10.2 Å². The fraction of sp³-hybridized carbons (Fsp3) is 0.455. The number of amides is 1. The van der Waals surface area contributed by atoms with Crippen LogP contribution in [0.5, 0.6) is 0 Å². The van der Waals surface area contributed by atoms with Crippen molar-refractivity contribution in [3.8, 4) is 0 Å². The summed E-state index contributed by atoms with van der Waals surface area (Å²) in [7, 11) is 0. The van der Waals surface area contributed by atoms with E-state index in [1.54, 1.807) is 0 Å². The molecule has 1 aliphatic heterocycles. The van der Waals surface area contributed by atoms with Crippen LogP contribution in [0, 0.1) is 5.82 Å². The Balaban J connectivity index is 2.07. The van der Waals surface area contributed by atoms with Crippen molar-refractivity contribution >= 4 is 23.3 Å². The van der Waals surface area contributed by atoms with Crippen LogP contribution in [0.15, 0.2) is 12.3 Å². The van der Waals surface area contributed by atoms with Crippen molar-refractivity contribution < 1.29 is 9.18 Å². The molecule has 0 spiro atoms. The number of hydrogen-bond donors (Lipinski definition) is 1. The zero-order chi connectivity index (χ0) is 12.4. The van der Waals surface area contributed by atoms with Gasteiger partial charge in [0, 0.05) is 32.3 Å². The van der Waals surface area contributed by atoms with E-state index in [9.17, 15) is 9.18 Å². The molecule has 1 saturated heterocycles. The minimum atomic E-state index is -0.430. The minimum absolute atomic E-state index is 0.0596. The molecule has 0 saturated carbocycles. The van der Waals surface area contributed by atoms with Gasteiger partial charge in [-0.15, -0.1) is 0 Å². The lowest BCUT2D eigenvalue weighted by molar-refractivity contribution is -0.119. The molecule has 1 amide bonds. The number of halogens is 2. The standard InChI is InChI=1S/C11H13ClFN3O/c1-7(17)15-9-2-3-16(6-9)11-10(13)4-8(12)5-14-11/h4-5,9H,2-3,6H2,1H3,(H,15,17). The van der Waals surface area contributed by atoms with E-state index < -0.39 is 5.82 Å². The number of anilines is 1. The number of rotatable bonds is 2. The summed E-state index contributed by atoms with van der Waals surface area (Å²) in [5.41, 5.74) is 0. The van der Waals surface area contributed by atoms with Crippen LogP contribution >= 0.6 is 11.6 Å². The summed E-state index contributed by atoms with van der Waals surface area (Å²) in [6.07, 6.45) is 2.22. The van der Waals surface area contributed by atoms with Crippen LogP contribution in [0.2, 0.25) is 5.02 Å². The molecule has 0 aromatic carbocycles. The van der Waals surface area contributed by atoms with E-state index in [1.165, 1.54) is 19.2 Å². The second-order valence-corrected chi connectivity index (χ2v) is 4.53. The van der Waals surface area contributed by atoms with Crippen molar-refractivity contribution in [1.82, 2.24) is 10.3 Å². The molecule has 1 fully saturated rings. The molecule has 1 aromatic heterocycles. The lowest BCUT2D eigenvalue weighted by Gasteiger charge is -2.18. The molecule has 2 rings (SSSR count). The van der Waals surface area contributed by atoms with Crippen LogP contribution in [-0.2, 0) is 4.79 Å². The van der Waals surface area contributed by atoms with Crippen molar-refractivity contribution in [3.63, 3.8) is 0 Å². The molecule has 0 bridgehead atoms. The van der Waals surface area contributed by atoms with Crippen molar-refractivity contribution in [2.24, 2.45) is 0 Å². The first-order valence-electron chi connectivity index (χ1n) is 5.39. The van der Waals surface area contributed by atoms with Crippen molar-refractivity contribution in [2.75, 3.05) is 18.0 Å². The van der Waals surface area contributed by atoms with E-state index in [4.69, 9.17) is 11.6 Å². The molecule has 1 aromatic rings. The van der Waals surface area contributed by atoms with Gasteiger partial charge in [-0.2, -0.15) is 0 Å². The Morgan fingerprint density at radius 2 is 2.47 bits per heavy atom. The van der Waals surface area contributed by atoms with Gasteiger partial charge in [0.2, 0.25) is 5.91 Å². The summed E-state index contributed by atoms with van der Waals surface area (Å²) in [4.78, 5) is 16.7. The average molecular weight is 258 g/mol. The summed E-state index contributed by atoms with van der Waals surface area (Å²) >= 11 is 5.64. The van der Waals surface area contributed by atoms with Gasteiger partial charge < -0.3 is 10.2 Å². The molecule has 2 heterocycles. The number of nitrogens with zero attached hydrogens (tertiary/aromatic N) is 2. The molecule has 0 aliphatic carbocycles. The number of carbonyl (C=O) groups is 1. The highest BCUT2D eigenvalue weighted by Crippen LogP contribution is 2.23. The lowest BCUT2D eigenvalue weighted by atomic mass is 10.2. The Labute approximate surface area is 104 Å². The van der Waals surface area contributed by atoms with Crippen LogP contribution in [-0.4, -0.2) is 30.0 Å². The van der Waals surface area contributed by atoms with Crippen molar-refractivity contribution in [1.29, 1.82) is 0 Å². The predicted octanol–water partition coefficient (Wildman–Crippen LogP) is 1.59. The molecule has 6 heteroatoms.